The monoisotopic (exact) mass is 179 g/mol. The maximum absolute atomic E-state index is 5.19. The van der Waals surface area contributed by atoms with Crippen molar-refractivity contribution in [1.82, 2.24) is 4.98 Å². The highest BCUT2D eigenvalue weighted by Crippen LogP contribution is 2.18. The highest BCUT2D eigenvalue weighted by molar-refractivity contribution is 5.73. The predicted molar refractivity (Wildman–Crippen MR) is 46.5 cm³/mol. The summed E-state index contributed by atoms with van der Waals surface area (Å²) in [5, 5.41) is 0. The number of ether oxygens (including phenoxy) is 2. The van der Waals surface area contributed by atoms with Crippen LogP contribution in [0.15, 0.2) is 29.0 Å². The van der Waals surface area contributed by atoms with Gasteiger partial charge >= 0.3 is 0 Å². The number of pyridine rings is 1. The van der Waals surface area contributed by atoms with E-state index in [9.17, 15) is 0 Å². The molecule has 0 fully saturated rings. The van der Waals surface area contributed by atoms with Crippen LogP contribution in [0, 0.1) is 0 Å². The molecule has 0 aliphatic carbocycles. The van der Waals surface area contributed by atoms with E-state index in [4.69, 9.17) is 13.9 Å². The first kappa shape index (κ1) is 8.07. The van der Waals surface area contributed by atoms with Crippen molar-refractivity contribution in [3.63, 3.8) is 0 Å². The van der Waals surface area contributed by atoms with Crippen LogP contribution in [-0.4, -0.2) is 18.9 Å². The third-order valence-electron chi connectivity index (χ3n) is 1.62. The summed E-state index contributed by atoms with van der Waals surface area (Å²) in [4.78, 5) is 4.12. The number of furan rings is 1. The van der Waals surface area contributed by atoms with Gasteiger partial charge in [-0.05, 0) is 0 Å². The molecule has 2 heterocycles. The highest BCUT2D eigenvalue weighted by Gasteiger charge is 2.00. The van der Waals surface area contributed by atoms with Crippen LogP contribution >= 0.6 is 0 Å². The molecule has 0 aliphatic heterocycles. The second kappa shape index (κ2) is 3.45. The van der Waals surface area contributed by atoms with E-state index in [1.807, 2.05) is 0 Å². The minimum atomic E-state index is 0.216. The van der Waals surface area contributed by atoms with Crippen LogP contribution < -0.4 is 4.74 Å². The van der Waals surface area contributed by atoms with Crippen molar-refractivity contribution in [3.05, 3.63) is 24.6 Å². The van der Waals surface area contributed by atoms with E-state index < -0.39 is 0 Å². The maximum atomic E-state index is 5.19. The molecule has 0 N–H and O–H groups in total. The first-order valence-electron chi connectivity index (χ1n) is 3.85. The normalized spacial score (nSPS) is 10.5. The Morgan fingerprint density at radius 2 is 2.46 bits per heavy atom. The molecule has 13 heavy (non-hydrogen) atoms. The fraction of sp³-hybridized carbons (Fsp3) is 0.222. The Hall–Kier alpha value is -1.55. The third-order valence-corrected chi connectivity index (χ3v) is 1.62. The van der Waals surface area contributed by atoms with Crippen LogP contribution in [-0.2, 0) is 4.74 Å². The van der Waals surface area contributed by atoms with E-state index in [0.717, 1.165) is 5.52 Å². The SMILES string of the molecule is COCOc1cnc2ccoc2c1. The summed E-state index contributed by atoms with van der Waals surface area (Å²) in [6.07, 6.45) is 3.23. The van der Waals surface area contributed by atoms with Crippen molar-refractivity contribution in [1.29, 1.82) is 0 Å². The van der Waals surface area contributed by atoms with Crippen LogP contribution in [0.1, 0.15) is 0 Å². The van der Waals surface area contributed by atoms with Crippen LogP contribution in [0.5, 0.6) is 5.75 Å². The molecule has 2 aromatic rings. The second-order valence-corrected chi connectivity index (χ2v) is 2.53. The van der Waals surface area contributed by atoms with Crippen molar-refractivity contribution >= 4 is 11.1 Å². The highest BCUT2D eigenvalue weighted by atomic mass is 16.7. The average Bonchev–Trinajstić information content (AvgIpc) is 2.61. The van der Waals surface area contributed by atoms with Crippen LogP contribution in [0.25, 0.3) is 11.1 Å². The molecule has 0 radical (unpaired) electrons. The van der Waals surface area contributed by atoms with Gasteiger partial charge in [0, 0.05) is 19.2 Å². The molecule has 0 aromatic carbocycles. The zero-order chi connectivity index (χ0) is 9.10. The van der Waals surface area contributed by atoms with E-state index in [0.29, 0.717) is 11.3 Å². The molecule has 4 heteroatoms. The molecule has 0 bridgehead atoms. The molecule has 0 spiro atoms. The lowest BCUT2D eigenvalue weighted by atomic mass is 10.4. The lowest BCUT2D eigenvalue weighted by molar-refractivity contribution is 0.0509. The minimum Gasteiger partial charge on any atom is -0.466 e. The van der Waals surface area contributed by atoms with Gasteiger partial charge in [-0.2, -0.15) is 0 Å². The van der Waals surface area contributed by atoms with Gasteiger partial charge in [-0.25, -0.2) is 4.98 Å². The minimum absolute atomic E-state index is 0.216. The van der Waals surface area contributed by atoms with Crippen molar-refractivity contribution in [3.8, 4) is 5.75 Å². The number of nitrogens with zero attached hydrogens (tertiary/aromatic N) is 1. The summed E-state index contributed by atoms with van der Waals surface area (Å²) in [7, 11) is 1.57. The first-order chi connectivity index (χ1) is 6.40. The Labute approximate surface area is 75.1 Å². The van der Waals surface area contributed by atoms with Crippen LogP contribution in [0.3, 0.4) is 0 Å². The molecule has 68 valence electrons. The van der Waals surface area contributed by atoms with Gasteiger partial charge in [0.15, 0.2) is 12.4 Å². The Balaban J connectivity index is 2.26. The zero-order valence-electron chi connectivity index (χ0n) is 7.19. The van der Waals surface area contributed by atoms with Crippen molar-refractivity contribution in [2.75, 3.05) is 13.9 Å². The third kappa shape index (κ3) is 1.62. The molecule has 4 nitrogen and oxygen atoms in total. The standard InChI is InChI=1S/C9H9NO3/c1-11-6-13-7-4-9-8(10-5-7)2-3-12-9/h2-5H,6H2,1H3. The summed E-state index contributed by atoms with van der Waals surface area (Å²) < 4.78 is 15.1. The number of methoxy groups -OCH3 is 1. The van der Waals surface area contributed by atoms with Gasteiger partial charge in [0.05, 0.1) is 12.5 Å². The maximum Gasteiger partial charge on any atom is 0.188 e. The van der Waals surface area contributed by atoms with Gasteiger partial charge in [0.25, 0.3) is 0 Å². The molecule has 0 saturated heterocycles. The predicted octanol–water partition coefficient (Wildman–Crippen LogP) is 1.81. The number of rotatable bonds is 3. The van der Waals surface area contributed by atoms with Gasteiger partial charge < -0.3 is 13.9 Å². The number of hydrogen-bond acceptors (Lipinski definition) is 4. The molecule has 0 unspecified atom stereocenters. The fourth-order valence-corrected chi connectivity index (χ4v) is 1.03. The van der Waals surface area contributed by atoms with Crippen LogP contribution in [0.4, 0.5) is 0 Å². The summed E-state index contributed by atoms with van der Waals surface area (Å²) >= 11 is 0. The molecule has 2 aromatic heterocycles. The second-order valence-electron chi connectivity index (χ2n) is 2.53. The Kier molecular flexibility index (Phi) is 2.14. The topological polar surface area (TPSA) is 44.5 Å². The largest absolute Gasteiger partial charge is 0.466 e. The summed E-state index contributed by atoms with van der Waals surface area (Å²) in [5.41, 5.74) is 1.54. The summed E-state index contributed by atoms with van der Waals surface area (Å²) in [6, 6.07) is 3.58. The van der Waals surface area contributed by atoms with Crippen molar-refractivity contribution in [2.45, 2.75) is 0 Å². The van der Waals surface area contributed by atoms with E-state index in [1.54, 1.807) is 31.7 Å². The zero-order valence-corrected chi connectivity index (χ0v) is 7.19. The first-order valence-corrected chi connectivity index (χ1v) is 3.85. The van der Waals surface area contributed by atoms with Crippen molar-refractivity contribution in [2.24, 2.45) is 0 Å². The molecule has 2 rings (SSSR count). The van der Waals surface area contributed by atoms with Crippen LogP contribution in [0.2, 0.25) is 0 Å². The lowest BCUT2D eigenvalue weighted by Crippen LogP contribution is -1.98. The van der Waals surface area contributed by atoms with E-state index in [1.165, 1.54) is 0 Å². The fourth-order valence-electron chi connectivity index (χ4n) is 1.03. The molecule has 0 aliphatic rings. The lowest BCUT2D eigenvalue weighted by Gasteiger charge is -2.02. The molecular weight excluding hydrogens is 170 g/mol. The summed E-state index contributed by atoms with van der Waals surface area (Å²) in [5.74, 6) is 0.643. The van der Waals surface area contributed by atoms with E-state index in [2.05, 4.69) is 4.98 Å². The summed E-state index contributed by atoms with van der Waals surface area (Å²) in [6.45, 7) is 0.216. The molecule has 0 atom stereocenters. The van der Waals surface area contributed by atoms with Gasteiger partial charge in [0.1, 0.15) is 11.3 Å². The van der Waals surface area contributed by atoms with Gasteiger partial charge in [-0.15, -0.1) is 0 Å². The van der Waals surface area contributed by atoms with E-state index in [-0.39, 0.29) is 6.79 Å². The molecular formula is C9H9NO3. The van der Waals surface area contributed by atoms with Gasteiger partial charge in [-0.3, -0.25) is 0 Å². The van der Waals surface area contributed by atoms with E-state index >= 15 is 0 Å². The quantitative estimate of drug-likeness (QED) is 0.674. The number of aromatic nitrogens is 1. The van der Waals surface area contributed by atoms with Gasteiger partial charge in [0.2, 0.25) is 0 Å². The Bertz CT molecular complexity index is 396. The van der Waals surface area contributed by atoms with Crippen molar-refractivity contribution < 1.29 is 13.9 Å². The Morgan fingerprint density at radius 1 is 1.54 bits per heavy atom. The molecule has 0 saturated carbocycles. The smallest absolute Gasteiger partial charge is 0.188 e. The Morgan fingerprint density at radius 3 is 3.31 bits per heavy atom. The number of hydrogen-bond donors (Lipinski definition) is 0. The average molecular weight is 179 g/mol. The molecule has 0 amide bonds. The number of fused-ring (bicyclic) bond motifs is 1. The van der Waals surface area contributed by atoms with Gasteiger partial charge in [-0.1, -0.05) is 0 Å².